The van der Waals surface area contributed by atoms with E-state index in [1.54, 1.807) is 19.1 Å². The molecular formula is C15H11BrINO3. The van der Waals surface area contributed by atoms with Gasteiger partial charge in [-0.25, -0.2) is 4.79 Å². The van der Waals surface area contributed by atoms with Crippen LogP contribution in [0.4, 0.5) is 5.69 Å². The van der Waals surface area contributed by atoms with Gasteiger partial charge in [0.15, 0.2) is 0 Å². The van der Waals surface area contributed by atoms with Gasteiger partial charge >= 0.3 is 5.97 Å². The van der Waals surface area contributed by atoms with Gasteiger partial charge in [0.25, 0.3) is 5.91 Å². The molecule has 0 heterocycles. The summed E-state index contributed by atoms with van der Waals surface area (Å²) in [6.07, 6.45) is 0. The van der Waals surface area contributed by atoms with E-state index in [1.807, 2.05) is 12.1 Å². The van der Waals surface area contributed by atoms with Crippen LogP contribution in [0.15, 0.2) is 40.9 Å². The van der Waals surface area contributed by atoms with Gasteiger partial charge in [0, 0.05) is 13.7 Å². The van der Waals surface area contributed by atoms with Crippen molar-refractivity contribution in [1.82, 2.24) is 0 Å². The fourth-order valence-corrected chi connectivity index (χ4v) is 2.72. The second-order valence-corrected chi connectivity index (χ2v) is 6.51. The number of carboxylic acids is 1. The molecule has 4 nitrogen and oxygen atoms in total. The first-order valence-electron chi connectivity index (χ1n) is 5.99. The molecule has 0 unspecified atom stereocenters. The number of aryl methyl sites for hydroxylation is 1. The Morgan fingerprint density at radius 1 is 1.19 bits per heavy atom. The van der Waals surface area contributed by atoms with Crippen molar-refractivity contribution >= 4 is 56.1 Å². The molecule has 0 saturated carbocycles. The highest BCUT2D eigenvalue weighted by Crippen LogP contribution is 2.22. The number of benzene rings is 2. The molecule has 0 fully saturated rings. The first-order valence-corrected chi connectivity index (χ1v) is 7.86. The van der Waals surface area contributed by atoms with Crippen molar-refractivity contribution in [1.29, 1.82) is 0 Å². The van der Waals surface area contributed by atoms with Gasteiger partial charge in [0.1, 0.15) is 0 Å². The number of aromatic carboxylic acids is 1. The van der Waals surface area contributed by atoms with Crippen molar-refractivity contribution in [3.05, 3.63) is 61.1 Å². The third kappa shape index (κ3) is 3.82. The molecule has 0 bridgehead atoms. The Balaban J connectivity index is 2.27. The molecule has 0 aliphatic carbocycles. The van der Waals surface area contributed by atoms with E-state index in [0.29, 0.717) is 21.3 Å². The fraction of sp³-hybridized carbons (Fsp3) is 0.0667. The van der Waals surface area contributed by atoms with Crippen molar-refractivity contribution in [2.24, 2.45) is 0 Å². The quantitative estimate of drug-likeness (QED) is 0.672. The van der Waals surface area contributed by atoms with Crippen molar-refractivity contribution in [2.45, 2.75) is 6.92 Å². The number of rotatable bonds is 3. The molecule has 0 atom stereocenters. The second-order valence-electron chi connectivity index (χ2n) is 4.41. The summed E-state index contributed by atoms with van der Waals surface area (Å²) < 4.78 is 1.67. The average Bonchev–Trinajstić information content (AvgIpc) is 2.43. The van der Waals surface area contributed by atoms with E-state index in [-0.39, 0.29) is 11.5 Å². The van der Waals surface area contributed by atoms with Gasteiger partial charge in [0.05, 0.1) is 11.1 Å². The minimum Gasteiger partial charge on any atom is -0.478 e. The van der Waals surface area contributed by atoms with Gasteiger partial charge in [-0.3, -0.25) is 4.79 Å². The number of amides is 1. The minimum atomic E-state index is -0.990. The van der Waals surface area contributed by atoms with Gasteiger partial charge in [-0.1, -0.05) is 0 Å². The lowest BCUT2D eigenvalue weighted by molar-refractivity contribution is 0.0696. The molecule has 2 N–H and O–H groups in total. The Morgan fingerprint density at radius 2 is 1.90 bits per heavy atom. The van der Waals surface area contributed by atoms with Crippen molar-refractivity contribution in [3.8, 4) is 0 Å². The van der Waals surface area contributed by atoms with E-state index in [9.17, 15) is 9.59 Å². The molecule has 0 saturated heterocycles. The molecule has 0 aliphatic heterocycles. The molecule has 0 radical (unpaired) electrons. The molecule has 21 heavy (non-hydrogen) atoms. The molecule has 2 aromatic rings. The number of hydrogen-bond acceptors (Lipinski definition) is 2. The third-order valence-corrected chi connectivity index (χ3v) is 4.26. The number of anilines is 1. The zero-order valence-corrected chi connectivity index (χ0v) is 14.7. The summed E-state index contributed by atoms with van der Waals surface area (Å²) in [5.74, 6) is -1.23. The number of hydrogen-bond donors (Lipinski definition) is 2. The highest BCUT2D eigenvalue weighted by molar-refractivity contribution is 14.1. The molecular weight excluding hydrogens is 449 g/mol. The van der Waals surface area contributed by atoms with Crippen LogP contribution >= 0.6 is 38.5 Å². The van der Waals surface area contributed by atoms with Crippen molar-refractivity contribution in [2.75, 3.05) is 5.32 Å². The lowest BCUT2D eigenvalue weighted by atomic mass is 10.1. The lowest BCUT2D eigenvalue weighted by Gasteiger charge is -2.10. The van der Waals surface area contributed by atoms with Crippen LogP contribution in [0, 0.1) is 10.5 Å². The van der Waals surface area contributed by atoms with Crippen LogP contribution in [-0.4, -0.2) is 17.0 Å². The lowest BCUT2D eigenvalue weighted by Crippen LogP contribution is -2.14. The van der Waals surface area contributed by atoms with Gasteiger partial charge in [-0.15, -0.1) is 0 Å². The van der Waals surface area contributed by atoms with E-state index in [1.165, 1.54) is 12.1 Å². The predicted molar refractivity (Wildman–Crippen MR) is 93.0 cm³/mol. The SMILES string of the molecule is Cc1cc(C(=O)O)ccc1NC(=O)c1cc(I)ccc1Br. The Bertz CT molecular complexity index is 731. The van der Waals surface area contributed by atoms with Crippen LogP contribution < -0.4 is 5.32 Å². The fourth-order valence-electron chi connectivity index (χ4n) is 1.80. The maximum atomic E-state index is 12.3. The highest BCUT2D eigenvalue weighted by Gasteiger charge is 2.13. The zero-order chi connectivity index (χ0) is 15.6. The molecule has 6 heteroatoms. The maximum absolute atomic E-state index is 12.3. The number of halogens is 2. The molecule has 1 amide bonds. The molecule has 0 aromatic heterocycles. The standard InChI is InChI=1S/C15H11BrINO3/c1-8-6-9(15(20)21)2-5-13(8)18-14(19)11-7-10(17)3-4-12(11)16/h2-7H,1H3,(H,18,19)(H,20,21). The Labute approximate surface area is 143 Å². The molecule has 0 spiro atoms. The van der Waals surface area contributed by atoms with Crippen LogP contribution in [-0.2, 0) is 0 Å². The van der Waals surface area contributed by atoms with Crippen LogP contribution in [0.1, 0.15) is 26.3 Å². The number of carbonyl (C=O) groups is 2. The Kier molecular flexibility index (Phi) is 5.00. The van der Waals surface area contributed by atoms with E-state index in [2.05, 4.69) is 43.8 Å². The van der Waals surface area contributed by atoms with Crippen molar-refractivity contribution < 1.29 is 14.7 Å². The number of carbonyl (C=O) groups excluding carboxylic acids is 1. The van der Waals surface area contributed by atoms with E-state index in [0.717, 1.165) is 3.57 Å². The average molecular weight is 460 g/mol. The number of nitrogens with one attached hydrogen (secondary N) is 1. The van der Waals surface area contributed by atoms with E-state index < -0.39 is 5.97 Å². The summed E-state index contributed by atoms with van der Waals surface area (Å²) >= 11 is 5.49. The van der Waals surface area contributed by atoms with Crippen molar-refractivity contribution in [3.63, 3.8) is 0 Å². The first-order chi connectivity index (χ1) is 9.88. The summed E-state index contributed by atoms with van der Waals surface area (Å²) in [4.78, 5) is 23.2. The summed E-state index contributed by atoms with van der Waals surface area (Å²) in [5, 5.41) is 11.7. The molecule has 0 aliphatic rings. The first kappa shape index (κ1) is 16.0. The van der Waals surface area contributed by atoms with Gasteiger partial charge < -0.3 is 10.4 Å². The van der Waals surface area contributed by atoms with Gasteiger partial charge in [0.2, 0.25) is 0 Å². The monoisotopic (exact) mass is 459 g/mol. The molecule has 108 valence electrons. The topological polar surface area (TPSA) is 66.4 Å². The normalized spacial score (nSPS) is 10.2. The summed E-state index contributed by atoms with van der Waals surface area (Å²) in [6, 6.07) is 10.1. The third-order valence-electron chi connectivity index (χ3n) is 2.89. The van der Waals surface area contributed by atoms with E-state index in [4.69, 9.17) is 5.11 Å². The largest absolute Gasteiger partial charge is 0.478 e. The van der Waals surface area contributed by atoms with Crippen LogP contribution in [0.5, 0.6) is 0 Å². The van der Waals surface area contributed by atoms with Crippen LogP contribution in [0.3, 0.4) is 0 Å². The Hall–Kier alpha value is -1.41. The second kappa shape index (κ2) is 6.57. The minimum absolute atomic E-state index is 0.195. The van der Waals surface area contributed by atoms with Gasteiger partial charge in [-0.05, 0) is 87.4 Å². The zero-order valence-electron chi connectivity index (χ0n) is 11.0. The van der Waals surface area contributed by atoms with E-state index >= 15 is 0 Å². The molecule has 2 rings (SSSR count). The van der Waals surface area contributed by atoms with Crippen LogP contribution in [0.2, 0.25) is 0 Å². The summed E-state index contributed by atoms with van der Waals surface area (Å²) in [7, 11) is 0. The Morgan fingerprint density at radius 3 is 2.52 bits per heavy atom. The predicted octanol–water partition coefficient (Wildman–Crippen LogP) is 4.31. The number of carboxylic acid groups (broad SMARTS) is 1. The smallest absolute Gasteiger partial charge is 0.335 e. The highest BCUT2D eigenvalue weighted by atomic mass is 127. The molecule has 2 aromatic carbocycles. The maximum Gasteiger partial charge on any atom is 0.335 e. The van der Waals surface area contributed by atoms with Crippen LogP contribution in [0.25, 0.3) is 0 Å². The summed E-state index contributed by atoms with van der Waals surface area (Å²) in [5.41, 5.74) is 2.02. The summed E-state index contributed by atoms with van der Waals surface area (Å²) in [6.45, 7) is 1.76. The van der Waals surface area contributed by atoms with Gasteiger partial charge in [-0.2, -0.15) is 0 Å².